The van der Waals surface area contributed by atoms with E-state index in [0.717, 1.165) is 6.54 Å². The lowest BCUT2D eigenvalue weighted by molar-refractivity contribution is 0.590. The number of hydrogen-bond acceptors (Lipinski definition) is 0. The molecule has 1 aromatic heterocycles. The van der Waals surface area contributed by atoms with E-state index in [1.807, 2.05) is 6.92 Å². The zero-order chi connectivity index (χ0) is 18.4. The van der Waals surface area contributed by atoms with Gasteiger partial charge in [-0.2, -0.15) is 0 Å². The summed E-state index contributed by atoms with van der Waals surface area (Å²) in [6.45, 7) is 16.3. The Morgan fingerprint density at radius 2 is 1.20 bits per heavy atom. The molecule has 0 radical (unpaired) electrons. The van der Waals surface area contributed by atoms with Crippen molar-refractivity contribution in [3.63, 3.8) is 0 Å². The van der Waals surface area contributed by atoms with Gasteiger partial charge in [-0.1, -0.05) is 59.6 Å². The van der Waals surface area contributed by atoms with Gasteiger partial charge in [-0.05, 0) is 53.1 Å². The molecule has 0 saturated heterocycles. The van der Waals surface area contributed by atoms with Gasteiger partial charge in [0.25, 0.3) is 0 Å². The lowest BCUT2D eigenvalue weighted by atomic mass is 9.85. The molecular weight excluding hydrogens is 302 g/mol. The molecular formula is C24H29N. The van der Waals surface area contributed by atoms with Gasteiger partial charge in [0.15, 0.2) is 0 Å². The highest BCUT2D eigenvalue weighted by atomic mass is 15.0. The van der Waals surface area contributed by atoms with Crippen molar-refractivity contribution in [3.05, 3.63) is 47.5 Å². The molecule has 1 heterocycles. The van der Waals surface area contributed by atoms with E-state index in [1.54, 1.807) is 0 Å². The highest BCUT2D eigenvalue weighted by Gasteiger charge is 2.19. The number of fused-ring (bicyclic) bond motifs is 3. The molecule has 0 aliphatic carbocycles. The summed E-state index contributed by atoms with van der Waals surface area (Å²) >= 11 is 0. The Morgan fingerprint density at radius 3 is 1.56 bits per heavy atom. The normalized spacial score (nSPS) is 12.4. The fraction of sp³-hybridized carbons (Fsp3) is 0.417. The van der Waals surface area contributed by atoms with E-state index in [-0.39, 0.29) is 10.8 Å². The second-order valence-electron chi connectivity index (χ2n) is 8.98. The fourth-order valence-electron chi connectivity index (χ4n) is 3.37. The van der Waals surface area contributed by atoms with Crippen LogP contribution in [0, 0.1) is 11.8 Å². The van der Waals surface area contributed by atoms with E-state index in [9.17, 15) is 0 Å². The summed E-state index contributed by atoms with van der Waals surface area (Å²) < 4.78 is 2.35. The minimum Gasteiger partial charge on any atom is -0.329 e. The van der Waals surface area contributed by atoms with Crippen molar-refractivity contribution in [1.29, 1.82) is 0 Å². The molecule has 0 fully saturated rings. The van der Waals surface area contributed by atoms with E-state index < -0.39 is 0 Å². The van der Waals surface area contributed by atoms with Crippen LogP contribution in [0.5, 0.6) is 0 Å². The Morgan fingerprint density at radius 1 is 0.760 bits per heavy atom. The zero-order valence-corrected chi connectivity index (χ0v) is 16.6. The molecule has 0 bridgehead atoms. The Labute approximate surface area is 152 Å². The van der Waals surface area contributed by atoms with Crippen molar-refractivity contribution in [2.45, 2.75) is 65.8 Å². The number of nitrogens with zero attached hydrogens (tertiary/aromatic N) is 1. The molecule has 0 amide bonds. The van der Waals surface area contributed by atoms with Crippen LogP contribution in [0.15, 0.2) is 36.4 Å². The molecule has 1 nitrogen and oxygen atoms in total. The Balaban J connectivity index is 2.39. The Bertz CT molecular complexity index is 921. The quantitative estimate of drug-likeness (QED) is 0.454. The predicted octanol–water partition coefficient (Wildman–Crippen LogP) is 6.41. The molecule has 1 heteroatoms. The third kappa shape index (κ3) is 3.19. The standard InChI is InChI=1S/C24H29N/c1-8-9-14-25-21-12-10-17(23(2,3)4)15-19(21)20-16-18(24(5,6)7)11-13-22(20)25/h10-13,15-16H,14H2,1-7H3. The molecule has 130 valence electrons. The Hall–Kier alpha value is -2.20. The topological polar surface area (TPSA) is 4.93 Å². The molecule has 0 saturated carbocycles. The van der Waals surface area contributed by atoms with E-state index >= 15 is 0 Å². The fourth-order valence-corrected chi connectivity index (χ4v) is 3.37. The molecule has 3 rings (SSSR count). The maximum Gasteiger partial charge on any atom is 0.0843 e. The van der Waals surface area contributed by atoms with Crippen LogP contribution in [0.4, 0.5) is 0 Å². The van der Waals surface area contributed by atoms with Crippen molar-refractivity contribution < 1.29 is 0 Å². The molecule has 2 aromatic carbocycles. The third-order valence-electron chi connectivity index (χ3n) is 5.01. The molecule has 0 aliphatic heterocycles. The molecule has 25 heavy (non-hydrogen) atoms. The number of benzene rings is 2. The highest BCUT2D eigenvalue weighted by molar-refractivity contribution is 6.08. The average molecular weight is 332 g/mol. The van der Waals surface area contributed by atoms with Crippen LogP contribution in [0.2, 0.25) is 0 Å². The maximum atomic E-state index is 3.24. The van der Waals surface area contributed by atoms with Crippen molar-refractivity contribution in [2.24, 2.45) is 0 Å². The summed E-state index contributed by atoms with van der Waals surface area (Å²) in [5.41, 5.74) is 5.60. The van der Waals surface area contributed by atoms with Crippen LogP contribution in [-0.2, 0) is 17.4 Å². The van der Waals surface area contributed by atoms with Gasteiger partial charge in [0.1, 0.15) is 0 Å². The van der Waals surface area contributed by atoms with E-state index in [2.05, 4.69) is 94.3 Å². The van der Waals surface area contributed by atoms with Gasteiger partial charge >= 0.3 is 0 Å². The summed E-state index contributed by atoms with van der Waals surface area (Å²) in [5.74, 6) is 6.27. The monoisotopic (exact) mass is 331 g/mol. The average Bonchev–Trinajstić information content (AvgIpc) is 2.84. The smallest absolute Gasteiger partial charge is 0.0843 e. The van der Waals surface area contributed by atoms with Crippen LogP contribution in [-0.4, -0.2) is 4.57 Å². The molecule has 0 aliphatic rings. The molecule has 0 unspecified atom stereocenters. The van der Waals surface area contributed by atoms with Crippen molar-refractivity contribution in [2.75, 3.05) is 0 Å². The largest absolute Gasteiger partial charge is 0.329 e. The first-order valence-electron chi connectivity index (χ1n) is 9.09. The molecule has 0 atom stereocenters. The highest BCUT2D eigenvalue weighted by Crippen LogP contribution is 2.35. The van der Waals surface area contributed by atoms with Crippen LogP contribution in [0.1, 0.15) is 59.6 Å². The lowest BCUT2D eigenvalue weighted by Crippen LogP contribution is -2.10. The van der Waals surface area contributed by atoms with Gasteiger partial charge < -0.3 is 4.57 Å². The van der Waals surface area contributed by atoms with Crippen LogP contribution < -0.4 is 0 Å². The number of aromatic nitrogens is 1. The summed E-state index contributed by atoms with van der Waals surface area (Å²) in [4.78, 5) is 0. The SMILES string of the molecule is CC#CCn1c2ccc(C(C)(C)C)cc2c2cc(C(C)(C)C)ccc21. The van der Waals surface area contributed by atoms with E-state index in [1.165, 1.54) is 32.9 Å². The maximum absolute atomic E-state index is 3.24. The number of hydrogen-bond donors (Lipinski definition) is 0. The van der Waals surface area contributed by atoms with Crippen molar-refractivity contribution in [1.82, 2.24) is 4.57 Å². The second kappa shape index (κ2) is 5.95. The van der Waals surface area contributed by atoms with Gasteiger partial charge in [-0.3, -0.25) is 0 Å². The number of rotatable bonds is 1. The molecule has 0 spiro atoms. The van der Waals surface area contributed by atoms with Gasteiger partial charge in [-0.15, -0.1) is 5.92 Å². The molecule has 3 aromatic rings. The summed E-state index contributed by atoms with van der Waals surface area (Å²) in [6.07, 6.45) is 0. The second-order valence-corrected chi connectivity index (χ2v) is 8.98. The van der Waals surface area contributed by atoms with Crippen molar-refractivity contribution in [3.8, 4) is 11.8 Å². The third-order valence-corrected chi connectivity index (χ3v) is 5.01. The first kappa shape index (κ1) is 17.6. The van der Waals surface area contributed by atoms with Gasteiger partial charge in [0.05, 0.1) is 6.54 Å². The lowest BCUT2D eigenvalue weighted by Gasteiger charge is -2.19. The first-order chi connectivity index (χ1) is 11.6. The van der Waals surface area contributed by atoms with Crippen LogP contribution in [0.3, 0.4) is 0 Å². The zero-order valence-electron chi connectivity index (χ0n) is 16.6. The van der Waals surface area contributed by atoms with Gasteiger partial charge in [-0.25, -0.2) is 0 Å². The van der Waals surface area contributed by atoms with E-state index in [4.69, 9.17) is 0 Å². The van der Waals surface area contributed by atoms with Gasteiger partial charge in [0.2, 0.25) is 0 Å². The minimum absolute atomic E-state index is 0.146. The predicted molar refractivity (Wildman–Crippen MR) is 110 cm³/mol. The summed E-state index contributed by atoms with van der Waals surface area (Å²) in [7, 11) is 0. The summed E-state index contributed by atoms with van der Waals surface area (Å²) in [5, 5.41) is 2.68. The molecule has 0 N–H and O–H groups in total. The Kier molecular flexibility index (Phi) is 4.20. The van der Waals surface area contributed by atoms with Crippen molar-refractivity contribution >= 4 is 21.8 Å². The van der Waals surface area contributed by atoms with Gasteiger partial charge in [0, 0.05) is 21.8 Å². The van der Waals surface area contributed by atoms with Crippen LogP contribution >= 0.6 is 0 Å². The van der Waals surface area contributed by atoms with E-state index in [0.29, 0.717) is 0 Å². The first-order valence-corrected chi connectivity index (χ1v) is 9.09. The summed E-state index contributed by atoms with van der Waals surface area (Å²) in [6, 6.07) is 13.8. The minimum atomic E-state index is 0.146. The van der Waals surface area contributed by atoms with Crippen LogP contribution in [0.25, 0.3) is 21.8 Å².